The maximum absolute atomic E-state index is 12.9. The van der Waals surface area contributed by atoms with Gasteiger partial charge in [0.15, 0.2) is 0 Å². The van der Waals surface area contributed by atoms with Crippen LogP contribution in [0.3, 0.4) is 0 Å². The van der Waals surface area contributed by atoms with E-state index in [1.165, 1.54) is 12.1 Å². The molecule has 0 saturated heterocycles. The van der Waals surface area contributed by atoms with E-state index in [0.717, 1.165) is 6.07 Å². The fourth-order valence-electron chi connectivity index (χ4n) is 1.61. The van der Waals surface area contributed by atoms with E-state index in [4.69, 9.17) is 17.3 Å². The average Bonchev–Trinajstić information content (AvgIpc) is 2.42. The van der Waals surface area contributed by atoms with E-state index in [9.17, 15) is 9.18 Å². The Labute approximate surface area is 115 Å². The molecular formula is C14H12ClFN2O. The summed E-state index contributed by atoms with van der Waals surface area (Å²) in [6.07, 6.45) is 0. The molecule has 0 radical (unpaired) electrons. The van der Waals surface area contributed by atoms with Gasteiger partial charge < -0.3 is 11.1 Å². The van der Waals surface area contributed by atoms with Crippen molar-refractivity contribution in [2.75, 3.05) is 5.32 Å². The molecule has 0 heterocycles. The first kappa shape index (κ1) is 13.5. The minimum Gasteiger partial charge on any atom is -0.323 e. The Hall–Kier alpha value is -1.91. The molecule has 0 aliphatic rings. The van der Waals surface area contributed by atoms with Crippen LogP contribution in [0.1, 0.15) is 11.6 Å². The van der Waals surface area contributed by atoms with Gasteiger partial charge in [0.2, 0.25) is 5.91 Å². The van der Waals surface area contributed by atoms with Crippen LogP contribution in [-0.4, -0.2) is 5.91 Å². The molecule has 0 aliphatic heterocycles. The number of anilines is 1. The SMILES string of the molecule is N[C@H](C(=O)Nc1ccc(F)cc1Cl)c1ccccc1. The lowest BCUT2D eigenvalue weighted by Gasteiger charge is -2.13. The lowest BCUT2D eigenvalue weighted by molar-refractivity contribution is -0.117. The van der Waals surface area contributed by atoms with Gasteiger partial charge in [-0.05, 0) is 23.8 Å². The summed E-state index contributed by atoms with van der Waals surface area (Å²) in [5, 5.41) is 2.71. The van der Waals surface area contributed by atoms with Crippen molar-refractivity contribution in [1.82, 2.24) is 0 Å². The second kappa shape index (κ2) is 5.82. The number of hydrogen-bond acceptors (Lipinski definition) is 2. The number of nitrogens with one attached hydrogen (secondary N) is 1. The summed E-state index contributed by atoms with van der Waals surface area (Å²) in [5.41, 5.74) is 6.86. The van der Waals surface area contributed by atoms with E-state index in [1.807, 2.05) is 6.07 Å². The summed E-state index contributed by atoms with van der Waals surface area (Å²) in [6.45, 7) is 0. The fraction of sp³-hybridized carbons (Fsp3) is 0.0714. The zero-order chi connectivity index (χ0) is 13.8. The van der Waals surface area contributed by atoms with Crippen molar-refractivity contribution in [1.29, 1.82) is 0 Å². The van der Waals surface area contributed by atoms with Gasteiger partial charge in [-0.25, -0.2) is 4.39 Å². The number of halogens is 2. The molecule has 98 valence electrons. The number of amides is 1. The van der Waals surface area contributed by atoms with Crippen LogP contribution in [0.25, 0.3) is 0 Å². The van der Waals surface area contributed by atoms with Crippen LogP contribution < -0.4 is 11.1 Å². The highest BCUT2D eigenvalue weighted by atomic mass is 35.5. The number of nitrogens with two attached hydrogens (primary N) is 1. The summed E-state index contributed by atoms with van der Waals surface area (Å²) in [4.78, 5) is 12.0. The molecule has 2 rings (SSSR count). The predicted molar refractivity (Wildman–Crippen MR) is 73.4 cm³/mol. The highest BCUT2D eigenvalue weighted by Gasteiger charge is 2.16. The van der Waals surface area contributed by atoms with E-state index in [-0.39, 0.29) is 5.02 Å². The Morgan fingerprint density at radius 1 is 1.21 bits per heavy atom. The van der Waals surface area contributed by atoms with E-state index in [1.54, 1.807) is 24.3 Å². The van der Waals surface area contributed by atoms with Crippen LogP contribution in [0, 0.1) is 5.82 Å². The van der Waals surface area contributed by atoms with E-state index < -0.39 is 17.8 Å². The largest absolute Gasteiger partial charge is 0.323 e. The average molecular weight is 279 g/mol. The second-order valence-corrected chi connectivity index (χ2v) is 4.41. The first-order valence-corrected chi connectivity index (χ1v) is 6.02. The van der Waals surface area contributed by atoms with Crippen LogP contribution in [0.5, 0.6) is 0 Å². The highest BCUT2D eigenvalue weighted by molar-refractivity contribution is 6.33. The standard InChI is InChI=1S/C14H12ClFN2O/c15-11-8-10(16)6-7-12(11)18-14(19)13(17)9-4-2-1-3-5-9/h1-8,13H,17H2,(H,18,19)/t13-/m0/s1. The molecule has 0 aromatic heterocycles. The monoisotopic (exact) mass is 278 g/mol. The Balaban J connectivity index is 2.13. The molecule has 3 nitrogen and oxygen atoms in total. The molecule has 1 atom stereocenters. The van der Waals surface area contributed by atoms with Gasteiger partial charge in [-0.1, -0.05) is 41.9 Å². The number of carbonyl (C=O) groups excluding carboxylic acids is 1. The van der Waals surface area contributed by atoms with Crippen molar-refractivity contribution in [2.45, 2.75) is 6.04 Å². The molecule has 19 heavy (non-hydrogen) atoms. The van der Waals surface area contributed by atoms with Gasteiger partial charge in [0.1, 0.15) is 11.9 Å². The van der Waals surface area contributed by atoms with E-state index in [0.29, 0.717) is 11.3 Å². The number of rotatable bonds is 3. The number of carbonyl (C=O) groups is 1. The Morgan fingerprint density at radius 2 is 1.89 bits per heavy atom. The molecular weight excluding hydrogens is 267 g/mol. The van der Waals surface area contributed by atoms with Crippen LogP contribution in [0.2, 0.25) is 5.02 Å². The van der Waals surface area contributed by atoms with Gasteiger partial charge in [0, 0.05) is 0 Å². The molecule has 0 saturated carbocycles. The van der Waals surface area contributed by atoms with Crippen LogP contribution >= 0.6 is 11.6 Å². The molecule has 1 amide bonds. The summed E-state index contributed by atoms with van der Waals surface area (Å²) in [5.74, 6) is -0.866. The van der Waals surface area contributed by atoms with Crippen molar-refractivity contribution in [3.63, 3.8) is 0 Å². The maximum atomic E-state index is 12.9. The molecule has 2 aromatic rings. The van der Waals surface area contributed by atoms with Crippen LogP contribution in [-0.2, 0) is 4.79 Å². The molecule has 0 unspecified atom stereocenters. The second-order valence-electron chi connectivity index (χ2n) is 4.00. The van der Waals surface area contributed by atoms with Gasteiger partial charge in [-0.3, -0.25) is 4.79 Å². The smallest absolute Gasteiger partial charge is 0.245 e. The molecule has 5 heteroatoms. The summed E-state index contributed by atoms with van der Waals surface area (Å²) >= 11 is 5.83. The molecule has 2 aromatic carbocycles. The first-order chi connectivity index (χ1) is 9.08. The lowest BCUT2D eigenvalue weighted by atomic mass is 10.1. The Bertz CT molecular complexity index is 589. The van der Waals surface area contributed by atoms with Crippen molar-refractivity contribution < 1.29 is 9.18 Å². The van der Waals surface area contributed by atoms with Gasteiger partial charge >= 0.3 is 0 Å². The van der Waals surface area contributed by atoms with Gasteiger partial charge in [0.05, 0.1) is 10.7 Å². The first-order valence-electron chi connectivity index (χ1n) is 5.64. The van der Waals surface area contributed by atoms with Crippen molar-refractivity contribution in [3.05, 3.63) is 64.9 Å². The topological polar surface area (TPSA) is 55.1 Å². The highest BCUT2D eigenvalue weighted by Crippen LogP contribution is 2.23. The molecule has 0 spiro atoms. The molecule has 3 N–H and O–H groups in total. The Kier molecular flexibility index (Phi) is 4.14. The third-order valence-electron chi connectivity index (χ3n) is 2.63. The maximum Gasteiger partial charge on any atom is 0.245 e. The third kappa shape index (κ3) is 3.30. The minimum absolute atomic E-state index is 0.133. The fourth-order valence-corrected chi connectivity index (χ4v) is 1.83. The zero-order valence-corrected chi connectivity index (χ0v) is 10.7. The van der Waals surface area contributed by atoms with Crippen LogP contribution in [0.4, 0.5) is 10.1 Å². The van der Waals surface area contributed by atoms with Gasteiger partial charge in [-0.2, -0.15) is 0 Å². The van der Waals surface area contributed by atoms with Crippen LogP contribution in [0.15, 0.2) is 48.5 Å². The van der Waals surface area contributed by atoms with Gasteiger partial charge in [-0.15, -0.1) is 0 Å². The molecule has 0 bridgehead atoms. The summed E-state index contributed by atoms with van der Waals surface area (Å²) in [7, 11) is 0. The number of hydrogen-bond donors (Lipinski definition) is 2. The Morgan fingerprint density at radius 3 is 2.53 bits per heavy atom. The lowest BCUT2D eigenvalue weighted by Crippen LogP contribution is -2.27. The van der Waals surface area contributed by atoms with Crippen molar-refractivity contribution in [2.24, 2.45) is 5.73 Å². The third-order valence-corrected chi connectivity index (χ3v) is 2.94. The summed E-state index contributed by atoms with van der Waals surface area (Å²) < 4.78 is 12.9. The van der Waals surface area contributed by atoms with Gasteiger partial charge in [0.25, 0.3) is 0 Å². The van der Waals surface area contributed by atoms with Crippen molar-refractivity contribution in [3.8, 4) is 0 Å². The zero-order valence-electron chi connectivity index (χ0n) is 9.94. The summed E-state index contributed by atoms with van der Waals surface area (Å²) in [6, 6.07) is 11.9. The number of benzene rings is 2. The van der Waals surface area contributed by atoms with Crippen molar-refractivity contribution >= 4 is 23.2 Å². The quantitative estimate of drug-likeness (QED) is 0.906. The van der Waals surface area contributed by atoms with E-state index >= 15 is 0 Å². The predicted octanol–water partition coefficient (Wildman–Crippen LogP) is 3.12. The normalized spacial score (nSPS) is 11.9. The van der Waals surface area contributed by atoms with E-state index in [2.05, 4.69) is 5.32 Å². The molecule has 0 aliphatic carbocycles. The minimum atomic E-state index is -0.803. The molecule has 0 fully saturated rings.